The summed E-state index contributed by atoms with van der Waals surface area (Å²) in [5, 5.41) is 3.45. The molecule has 2 rings (SSSR count). The molecular weight excluding hydrogens is 424 g/mol. The molecule has 1 N–H and O–H groups in total. The molecule has 0 saturated carbocycles. The Morgan fingerprint density at radius 2 is 1.71 bits per heavy atom. The van der Waals surface area contributed by atoms with Crippen molar-refractivity contribution in [2.45, 2.75) is 13.0 Å². The third-order valence-electron chi connectivity index (χ3n) is 2.71. The fourth-order valence-electron chi connectivity index (χ4n) is 1.61. The number of hydrogen-bond acceptors (Lipinski definition) is 2. The molecule has 3 nitrogen and oxygen atoms in total. The normalized spacial score (nSPS) is 11.8. The third kappa shape index (κ3) is 4.49. The second kappa shape index (κ2) is 7.33. The van der Waals surface area contributed by atoms with Gasteiger partial charge in [-0.1, -0.05) is 29.3 Å². The predicted molar refractivity (Wildman–Crippen MR) is 94.3 cm³/mol. The quantitative estimate of drug-likeness (QED) is 0.686. The molecular formula is C15H12Cl2INO2. The third-order valence-corrected chi connectivity index (χ3v) is 4.06. The maximum atomic E-state index is 12.1. The van der Waals surface area contributed by atoms with Gasteiger partial charge in [0, 0.05) is 3.57 Å². The Morgan fingerprint density at radius 1 is 1.14 bits per heavy atom. The van der Waals surface area contributed by atoms with Crippen LogP contribution in [0.4, 0.5) is 5.69 Å². The summed E-state index contributed by atoms with van der Waals surface area (Å²) in [5.74, 6) is 0.312. The number of rotatable bonds is 4. The lowest BCUT2D eigenvalue weighted by atomic mass is 10.3. The van der Waals surface area contributed by atoms with Crippen LogP contribution in [0.3, 0.4) is 0 Å². The Kier molecular flexibility index (Phi) is 5.72. The van der Waals surface area contributed by atoms with Crippen molar-refractivity contribution in [3.8, 4) is 5.75 Å². The summed E-state index contributed by atoms with van der Waals surface area (Å²) < 4.78 is 6.68. The van der Waals surface area contributed by atoms with E-state index in [1.54, 1.807) is 25.1 Å². The molecule has 2 aromatic rings. The van der Waals surface area contributed by atoms with Gasteiger partial charge in [0.25, 0.3) is 5.91 Å². The standard InChI is InChI=1S/C15H12Cl2INO2/c1-9(21-11-7-5-10(18)6-8-11)15(20)19-14-12(16)3-2-4-13(14)17/h2-9H,1H3,(H,19,20)/t9-/m0/s1. The first-order valence-electron chi connectivity index (χ1n) is 6.14. The van der Waals surface area contributed by atoms with Gasteiger partial charge < -0.3 is 10.1 Å². The number of ether oxygens (including phenoxy) is 1. The largest absolute Gasteiger partial charge is 0.481 e. The molecule has 1 amide bonds. The van der Waals surface area contributed by atoms with E-state index in [1.165, 1.54) is 0 Å². The number of benzene rings is 2. The second-order valence-corrected chi connectivity index (χ2v) is 6.36. The highest BCUT2D eigenvalue weighted by Crippen LogP contribution is 2.30. The van der Waals surface area contributed by atoms with E-state index in [2.05, 4.69) is 27.9 Å². The maximum Gasteiger partial charge on any atom is 0.265 e. The van der Waals surface area contributed by atoms with Crippen molar-refractivity contribution in [2.24, 2.45) is 0 Å². The van der Waals surface area contributed by atoms with E-state index in [9.17, 15) is 4.79 Å². The molecule has 110 valence electrons. The smallest absolute Gasteiger partial charge is 0.265 e. The van der Waals surface area contributed by atoms with E-state index >= 15 is 0 Å². The van der Waals surface area contributed by atoms with Gasteiger partial charge in [-0.15, -0.1) is 0 Å². The van der Waals surface area contributed by atoms with Gasteiger partial charge in [-0.25, -0.2) is 0 Å². The van der Waals surface area contributed by atoms with Crippen LogP contribution in [-0.2, 0) is 4.79 Å². The minimum atomic E-state index is -0.669. The lowest BCUT2D eigenvalue weighted by Crippen LogP contribution is -2.30. The highest BCUT2D eigenvalue weighted by Gasteiger charge is 2.17. The Hall–Kier alpha value is -0.980. The van der Waals surface area contributed by atoms with Crippen LogP contribution in [0.2, 0.25) is 10.0 Å². The summed E-state index contributed by atoms with van der Waals surface area (Å²) in [4.78, 5) is 12.1. The van der Waals surface area contributed by atoms with Crippen LogP contribution in [-0.4, -0.2) is 12.0 Å². The molecule has 0 bridgehead atoms. The van der Waals surface area contributed by atoms with Crippen LogP contribution in [0.15, 0.2) is 42.5 Å². The Morgan fingerprint density at radius 3 is 2.29 bits per heavy atom. The summed E-state index contributed by atoms with van der Waals surface area (Å²) in [6.07, 6.45) is -0.669. The van der Waals surface area contributed by atoms with Crippen LogP contribution < -0.4 is 10.1 Å². The summed E-state index contributed by atoms with van der Waals surface area (Å²) in [6.45, 7) is 1.66. The monoisotopic (exact) mass is 435 g/mol. The van der Waals surface area contributed by atoms with Crippen molar-refractivity contribution in [1.29, 1.82) is 0 Å². The summed E-state index contributed by atoms with van der Waals surface area (Å²) in [5.41, 5.74) is 0.392. The van der Waals surface area contributed by atoms with Crippen LogP contribution in [0.25, 0.3) is 0 Å². The van der Waals surface area contributed by atoms with Gasteiger partial charge in [0.1, 0.15) is 5.75 Å². The molecule has 21 heavy (non-hydrogen) atoms. The topological polar surface area (TPSA) is 38.3 Å². The van der Waals surface area contributed by atoms with Crippen molar-refractivity contribution in [2.75, 3.05) is 5.32 Å². The van der Waals surface area contributed by atoms with Gasteiger partial charge >= 0.3 is 0 Å². The molecule has 0 aromatic heterocycles. The summed E-state index contributed by atoms with van der Waals surface area (Å²) in [7, 11) is 0. The van der Waals surface area contributed by atoms with Crippen molar-refractivity contribution < 1.29 is 9.53 Å². The highest BCUT2D eigenvalue weighted by molar-refractivity contribution is 14.1. The van der Waals surface area contributed by atoms with Crippen molar-refractivity contribution in [3.63, 3.8) is 0 Å². The molecule has 0 radical (unpaired) electrons. The zero-order valence-corrected chi connectivity index (χ0v) is 14.7. The van der Waals surface area contributed by atoms with E-state index in [0.717, 1.165) is 3.57 Å². The zero-order valence-electron chi connectivity index (χ0n) is 11.1. The predicted octanol–water partition coefficient (Wildman–Crippen LogP) is 5.00. The minimum absolute atomic E-state index is 0.316. The van der Waals surface area contributed by atoms with Gasteiger partial charge in [-0.2, -0.15) is 0 Å². The molecule has 2 aromatic carbocycles. The first kappa shape index (κ1) is 16.4. The molecule has 0 aliphatic carbocycles. The summed E-state index contributed by atoms with van der Waals surface area (Å²) >= 11 is 14.2. The fourth-order valence-corrected chi connectivity index (χ4v) is 2.46. The number of nitrogens with one attached hydrogen (secondary N) is 1. The zero-order chi connectivity index (χ0) is 15.4. The lowest BCUT2D eigenvalue weighted by Gasteiger charge is -2.16. The minimum Gasteiger partial charge on any atom is -0.481 e. The van der Waals surface area contributed by atoms with Crippen LogP contribution in [0, 0.1) is 3.57 Å². The number of para-hydroxylation sites is 1. The first-order valence-corrected chi connectivity index (χ1v) is 7.98. The molecule has 0 heterocycles. The molecule has 0 fully saturated rings. The van der Waals surface area contributed by atoms with Crippen molar-refractivity contribution in [3.05, 3.63) is 56.1 Å². The van der Waals surface area contributed by atoms with Crippen LogP contribution >= 0.6 is 45.8 Å². The molecule has 0 aliphatic heterocycles. The Bertz CT molecular complexity index is 626. The summed E-state index contributed by atoms with van der Waals surface area (Å²) in [6, 6.07) is 12.5. The number of carbonyl (C=O) groups is 1. The molecule has 0 spiro atoms. The number of anilines is 1. The van der Waals surface area contributed by atoms with E-state index in [4.69, 9.17) is 27.9 Å². The Balaban J connectivity index is 2.04. The average Bonchev–Trinajstić information content (AvgIpc) is 2.45. The fraction of sp³-hybridized carbons (Fsp3) is 0.133. The molecule has 0 aliphatic rings. The Labute approximate surface area is 146 Å². The van der Waals surface area contributed by atoms with Gasteiger partial charge in [0.15, 0.2) is 6.10 Å². The number of carbonyl (C=O) groups excluding carboxylic acids is 1. The number of amides is 1. The van der Waals surface area contributed by atoms with Crippen molar-refractivity contribution >= 4 is 57.4 Å². The second-order valence-electron chi connectivity index (χ2n) is 4.30. The van der Waals surface area contributed by atoms with Gasteiger partial charge in [-0.05, 0) is 65.9 Å². The van der Waals surface area contributed by atoms with Gasteiger partial charge in [0.2, 0.25) is 0 Å². The van der Waals surface area contributed by atoms with E-state index < -0.39 is 6.10 Å². The van der Waals surface area contributed by atoms with Gasteiger partial charge in [-0.3, -0.25) is 4.79 Å². The maximum absolute atomic E-state index is 12.1. The highest BCUT2D eigenvalue weighted by atomic mass is 127. The number of hydrogen-bond donors (Lipinski definition) is 1. The molecule has 1 atom stereocenters. The van der Waals surface area contributed by atoms with Crippen LogP contribution in [0.5, 0.6) is 5.75 Å². The first-order chi connectivity index (χ1) is 9.97. The van der Waals surface area contributed by atoms with E-state index in [0.29, 0.717) is 21.5 Å². The van der Waals surface area contributed by atoms with E-state index in [1.807, 2.05) is 24.3 Å². The molecule has 6 heteroatoms. The van der Waals surface area contributed by atoms with E-state index in [-0.39, 0.29) is 5.91 Å². The molecule has 0 unspecified atom stereocenters. The SMILES string of the molecule is C[C@H](Oc1ccc(I)cc1)C(=O)Nc1c(Cl)cccc1Cl. The van der Waals surface area contributed by atoms with Crippen LogP contribution in [0.1, 0.15) is 6.92 Å². The van der Waals surface area contributed by atoms with Crippen molar-refractivity contribution in [1.82, 2.24) is 0 Å². The lowest BCUT2D eigenvalue weighted by molar-refractivity contribution is -0.122. The average molecular weight is 436 g/mol. The number of halogens is 3. The molecule has 0 saturated heterocycles. The van der Waals surface area contributed by atoms with Gasteiger partial charge in [0.05, 0.1) is 15.7 Å².